The van der Waals surface area contributed by atoms with Crippen LogP contribution < -0.4 is 11.1 Å². The van der Waals surface area contributed by atoms with Gasteiger partial charge in [-0.15, -0.1) is 24.0 Å². The third-order valence-corrected chi connectivity index (χ3v) is 3.29. The Kier molecular flexibility index (Phi) is 8.02. The van der Waals surface area contributed by atoms with E-state index in [9.17, 15) is 4.39 Å². The highest BCUT2D eigenvalue weighted by Gasteiger charge is 1.98. The maximum Gasteiger partial charge on any atom is 0.193 e. The van der Waals surface area contributed by atoms with Gasteiger partial charge in [-0.1, -0.05) is 18.2 Å². The summed E-state index contributed by atoms with van der Waals surface area (Å²) in [4.78, 5) is 4.31. The van der Waals surface area contributed by atoms with Crippen molar-refractivity contribution in [2.45, 2.75) is 26.7 Å². The van der Waals surface area contributed by atoms with Crippen LogP contribution in [0.1, 0.15) is 23.1 Å². The number of nitrogens with two attached hydrogens (primary N) is 1. The number of benzene rings is 2. The SMILES string of the molecule is Cc1cc(C)cc(NC(N)=NCCCc2cccc(F)c2)c1.I. The van der Waals surface area contributed by atoms with Gasteiger partial charge in [0.15, 0.2) is 5.96 Å². The zero-order chi connectivity index (χ0) is 15.9. The van der Waals surface area contributed by atoms with Crippen LogP contribution in [0.25, 0.3) is 0 Å². The predicted octanol–water partition coefficient (Wildman–Crippen LogP) is 4.42. The van der Waals surface area contributed by atoms with Crippen molar-refractivity contribution in [2.75, 3.05) is 11.9 Å². The lowest BCUT2D eigenvalue weighted by molar-refractivity contribution is 0.624. The first-order valence-electron chi connectivity index (χ1n) is 7.42. The molecule has 2 aromatic carbocycles. The largest absolute Gasteiger partial charge is 0.370 e. The van der Waals surface area contributed by atoms with Crippen molar-refractivity contribution >= 4 is 35.6 Å². The summed E-state index contributed by atoms with van der Waals surface area (Å²) < 4.78 is 13.1. The maximum atomic E-state index is 13.1. The van der Waals surface area contributed by atoms with E-state index in [2.05, 4.69) is 16.4 Å². The fourth-order valence-electron chi connectivity index (χ4n) is 2.41. The Morgan fingerprint density at radius 1 is 1.13 bits per heavy atom. The number of rotatable bonds is 5. The molecular weight excluding hydrogens is 404 g/mol. The number of anilines is 1. The summed E-state index contributed by atoms with van der Waals surface area (Å²) in [6.45, 7) is 4.70. The van der Waals surface area contributed by atoms with Gasteiger partial charge in [-0.25, -0.2) is 4.39 Å². The van der Waals surface area contributed by atoms with E-state index in [1.807, 2.05) is 32.0 Å². The van der Waals surface area contributed by atoms with Gasteiger partial charge in [0.1, 0.15) is 5.82 Å². The lowest BCUT2D eigenvalue weighted by atomic mass is 10.1. The highest BCUT2D eigenvalue weighted by Crippen LogP contribution is 2.13. The standard InChI is InChI=1S/C18H22FN3.HI/c1-13-9-14(2)11-17(10-13)22-18(20)21-8-4-6-15-5-3-7-16(19)12-15;/h3,5,7,9-12H,4,6,8H2,1-2H3,(H3,20,21,22);1H. The van der Waals surface area contributed by atoms with Crippen molar-refractivity contribution in [1.82, 2.24) is 0 Å². The molecule has 0 aliphatic heterocycles. The van der Waals surface area contributed by atoms with Gasteiger partial charge in [-0.2, -0.15) is 0 Å². The molecule has 0 aliphatic rings. The number of hydrogen-bond acceptors (Lipinski definition) is 1. The van der Waals surface area contributed by atoms with Crippen molar-refractivity contribution in [3.8, 4) is 0 Å². The van der Waals surface area contributed by atoms with E-state index >= 15 is 0 Å². The van der Waals surface area contributed by atoms with Crippen LogP contribution >= 0.6 is 24.0 Å². The second-order valence-corrected chi connectivity index (χ2v) is 5.50. The fraction of sp³-hybridized carbons (Fsp3) is 0.278. The number of nitrogens with zero attached hydrogens (tertiary/aromatic N) is 1. The highest BCUT2D eigenvalue weighted by atomic mass is 127. The Balaban J connectivity index is 0.00000264. The minimum absolute atomic E-state index is 0. The Morgan fingerprint density at radius 2 is 1.83 bits per heavy atom. The molecule has 3 nitrogen and oxygen atoms in total. The van der Waals surface area contributed by atoms with Crippen molar-refractivity contribution < 1.29 is 4.39 Å². The van der Waals surface area contributed by atoms with Crippen LogP contribution in [0.5, 0.6) is 0 Å². The quantitative estimate of drug-likeness (QED) is 0.321. The molecule has 0 unspecified atom stereocenters. The number of aryl methyl sites for hydroxylation is 3. The second kappa shape index (κ2) is 9.50. The molecule has 0 bridgehead atoms. The van der Waals surface area contributed by atoms with E-state index in [0.29, 0.717) is 12.5 Å². The van der Waals surface area contributed by atoms with Crippen molar-refractivity contribution in [1.29, 1.82) is 0 Å². The lowest BCUT2D eigenvalue weighted by Crippen LogP contribution is -2.23. The van der Waals surface area contributed by atoms with E-state index in [-0.39, 0.29) is 29.8 Å². The predicted molar refractivity (Wildman–Crippen MR) is 106 cm³/mol. The molecule has 0 aliphatic carbocycles. The highest BCUT2D eigenvalue weighted by molar-refractivity contribution is 14.0. The van der Waals surface area contributed by atoms with Gasteiger partial charge < -0.3 is 11.1 Å². The minimum Gasteiger partial charge on any atom is -0.370 e. The summed E-state index contributed by atoms with van der Waals surface area (Å²) in [5.41, 5.74) is 10.2. The van der Waals surface area contributed by atoms with Gasteiger partial charge >= 0.3 is 0 Å². The third kappa shape index (κ3) is 6.99. The molecule has 0 saturated heterocycles. The molecule has 3 N–H and O–H groups in total. The van der Waals surface area contributed by atoms with E-state index in [1.54, 1.807) is 12.1 Å². The van der Waals surface area contributed by atoms with Gasteiger partial charge in [-0.3, -0.25) is 4.99 Å². The van der Waals surface area contributed by atoms with Crippen LogP contribution in [-0.4, -0.2) is 12.5 Å². The third-order valence-electron chi connectivity index (χ3n) is 3.29. The van der Waals surface area contributed by atoms with E-state index < -0.39 is 0 Å². The van der Waals surface area contributed by atoms with Crippen LogP contribution in [0.4, 0.5) is 10.1 Å². The summed E-state index contributed by atoms with van der Waals surface area (Å²) in [5.74, 6) is 0.209. The van der Waals surface area contributed by atoms with Crippen LogP contribution in [0.2, 0.25) is 0 Å². The minimum atomic E-state index is -0.197. The average molecular weight is 427 g/mol. The lowest BCUT2D eigenvalue weighted by Gasteiger charge is -2.08. The molecule has 124 valence electrons. The Hall–Kier alpha value is -1.63. The first-order chi connectivity index (χ1) is 10.5. The molecular formula is C18H23FIN3. The zero-order valence-corrected chi connectivity index (χ0v) is 15.8. The van der Waals surface area contributed by atoms with Crippen LogP contribution in [0.3, 0.4) is 0 Å². The zero-order valence-electron chi connectivity index (χ0n) is 13.5. The number of halogens is 2. The summed E-state index contributed by atoms with van der Waals surface area (Å²) in [6.07, 6.45) is 1.62. The maximum absolute atomic E-state index is 13.1. The number of aliphatic imine (C=N–C) groups is 1. The van der Waals surface area contributed by atoms with Crippen molar-refractivity contribution in [2.24, 2.45) is 10.7 Å². The Bertz CT molecular complexity index is 651. The van der Waals surface area contributed by atoms with Crippen LogP contribution in [-0.2, 0) is 6.42 Å². The number of guanidine groups is 1. The molecule has 0 saturated carbocycles. The molecule has 0 aromatic heterocycles. The van der Waals surface area contributed by atoms with Gasteiger partial charge in [0.25, 0.3) is 0 Å². The summed E-state index contributed by atoms with van der Waals surface area (Å²) in [6, 6.07) is 12.8. The Labute approximate surface area is 154 Å². The van der Waals surface area contributed by atoms with Gasteiger partial charge in [0, 0.05) is 12.2 Å². The number of hydrogen-bond donors (Lipinski definition) is 2. The van der Waals surface area contributed by atoms with Gasteiger partial charge in [0.2, 0.25) is 0 Å². The van der Waals surface area contributed by atoms with Crippen LogP contribution in [0.15, 0.2) is 47.5 Å². The fourth-order valence-corrected chi connectivity index (χ4v) is 2.41. The van der Waals surface area contributed by atoms with E-state index in [4.69, 9.17) is 5.73 Å². The summed E-state index contributed by atoms with van der Waals surface area (Å²) in [5, 5.41) is 3.10. The van der Waals surface area contributed by atoms with E-state index in [0.717, 1.165) is 24.1 Å². The summed E-state index contributed by atoms with van der Waals surface area (Å²) in [7, 11) is 0. The molecule has 0 fully saturated rings. The Morgan fingerprint density at radius 3 is 2.48 bits per heavy atom. The molecule has 0 radical (unpaired) electrons. The average Bonchev–Trinajstić information content (AvgIpc) is 2.42. The number of nitrogens with one attached hydrogen (secondary N) is 1. The summed E-state index contributed by atoms with van der Waals surface area (Å²) >= 11 is 0. The molecule has 23 heavy (non-hydrogen) atoms. The molecule has 0 amide bonds. The smallest absolute Gasteiger partial charge is 0.193 e. The normalized spacial score (nSPS) is 11.0. The molecule has 2 rings (SSSR count). The van der Waals surface area contributed by atoms with E-state index in [1.165, 1.54) is 17.2 Å². The molecule has 2 aromatic rings. The van der Waals surface area contributed by atoms with Gasteiger partial charge in [-0.05, 0) is 67.6 Å². The van der Waals surface area contributed by atoms with Crippen LogP contribution in [0, 0.1) is 19.7 Å². The molecule has 0 atom stereocenters. The second-order valence-electron chi connectivity index (χ2n) is 5.50. The van der Waals surface area contributed by atoms with Gasteiger partial charge in [0.05, 0.1) is 0 Å². The monoisotopic (exact) mass is 427 g/mol. The first kappa shape index (κ1) is 19.4. The first-order valence-corrected chi connectivity index (χ1v) is 7.42. The van der Waals surface area contributed by atoms with Crippen molar-refractivity contribution in [3.63, 3.8) is 0 Å². The van der Waals surface area contributed by atoms with Crippen molar-refractivity contribution in [3.05, 3.63) is 65.0 Å². The molecule has 0 spiro atoms. The topological polar surface area (TPSA) is 50.4 Å². The molecule has 5 heteroatoms. The molecule has 0 heterocycles.